The van der Waals surface area contributed by atoms with E-state index in [9.17, 15) is 4.79 Å². The molecule has 0 heterocycles. The molecular weight excluding hydrogens is 270 g/mol. The Balaban J connectivity index is 1.70. The second-order valence-corrected chi connectivity index (χ2v) is 6.07. The zero-order chi connectivity index (χ0) is 15.4. The summed E-state index contributed by atoms with van der Waals surface area (Å²) < 4.78 is 0. The smallest absolute Gasteiger partial charge is 0.233 e. The molecule has 3 rings (SSSR count). The highest BCUT2D eigenvalue weighted by Gasteiger charge is 2.52. The molecule has 0 atom stereocenters. The van der Waals surface area contributed by atoms with Gasteiger partial charge in [-0.15, -0.1) is 0 Å². The number of benzene rings is 2. The van der Waals surface area contributed by atoms with Gasteiger partial charge in [-0.25, -0.2) is 0 Å². The summed E-state index contributed by atoms with van der Waals surface area (Å²) in [6.45, 7) is 3.65. The summed E-state index contributed by atoms with van der Waals surface area (Å²) >= 11 is 0. The molecule has 1 aliphatic rings. The van der Waals surface area contributed by atoms with Gasteiger partial charge in [0.2, 0.25) is 5.91 Å². The maximum Gasteiger partial charge on any atom is 0.233 e. The highest BCUT2D eigenvalue weighted by molar-refractivity contribution is 5.91. The quantitative estimate of drug-likeness (QED) is 0.793. The molecule has 0 unspecified atom stereocenters. The largest absolute Gasteiger partial charge is 0.342 e. The van der Waals surface area contributed by atoms with Crippen LogP contribution in [0.4, 0.5) is 0 Å². The lowest BCUT2D eigenvalue weighted by Crippen LogP contribution is -2.40. The molecule has 22 heavy (non-hydrogen) atoms. The van der Waals surface area contributed by atoms with Crippen LogP contribution in [-0.2, 0) is 16.6 Å². The molecule has 2 aromatic carbocycles. The molecule has 2 heteroatoms. The van der Waals surface area contributed by atoms with Crippen molar-refractivity contribution < 1.29 is 4.79 Å². The molecule has 0 saturated heterocycles. The maximum atomic E-state index is 13.0. The Kier molecular flexibility index (Phi) is 4.28. The molecule has 1 fully saturated rings. The Morgan fingerprint density at radius 3 is 2.14 bits per heavy atom. The fraction of sp³-hybridized carbons (Fsp3) is 0.350. The summed E-state index contributed by atoms with van der Waals surface area (Å²) in [6, 6.07) is 20.7. The van der Waals surface area contributed by atoms with Gasteiger partial charge in [-0.3, -0.25) is 4.79 Å². The van der Waals surface area contributed by atoms with Crippen LogP contribution in [0.25, 0.3) is 0 Å². The molecule has 1 amide bonds. The molecule has 1 saturated carbocycles. The van der Waals surface area contributed by atoms with E-state index in [2.05, 4.69) is 43.3 Å². The molecule has 0 aromatic heterocycles. The third-order valence-corrected chi connectivity index (χ3v) is 4.67. The van der Waals surface area contributed by atoms with Gasteiger partial charge in [-0.05, 0) is 37.3 Å². The minimum absolute atomic E-state index is 0.242. The number of likely N-dealkylation sites (N-methyl/N-ethyl adjacent to an activating group) is 1. The minimum Gasteiger partial charge on any atom is -0.342 e. The molecule has 114 valence electrons. The number of nitrogens with zero attached hydrogens (tertiary/aromatic N) is 1. The van der Waals surface area contributed by atoms with Crippen molar-refractivity contribution in [1.29, 1.82) is 0 Å². The summed E-state index contributed by atoms with van der Waals surface area (Å²) in [5, 5.41) is 0. The molecule has 0 N–H and O–H groups in total. The fourth-order valence-electron chi connectivity index (χ4n) is 3.12. The van der Waals surface area contributed by atoms with Crippen molar-refractivity contribution in [3.05, 3.63) is 71.8 Å². The summed E-state index contributed by atoms with van der Waals surface area (Å²) in [4.78, 5) is 15.0. The third-order valence-electron chi connectivity index (χ3n) is 4.67. The molecule has 0 spiro atoms. The van der Waals surface area contributed by atoms with Gasteiger partial charge in [0.25, 0.3) is 0 Å². The summed E-state index contributed by atoms with van der Waals surface area (Å²) in [5.74, 6) is 0.303. The number of carbonyl (C=O) groups is 1. The van der Waals surface area contributed by atoms with E-state index in [1.165, 1.54) is 11.1 Å². The topological polar surface area (TPSA) is 20.3 Å². The number of hydrogen-bond donors (Lipinski definition) is 0. The number of rotatable bonds is 6. The summed E-state index contributed by atoms with van der Waals surface area (Å²) in [6.07, 6.45) is 2.89. The molecule has 0 bridgehead atoms. The molecule has 2 nitrogen and oxygen atoms in total. The van der Waals surface area contributed by atoms with Gasteiger partial charge in [0, 0.05) is 13.1 Å². The van der Waals surface area contributed by atoms with Crippen molar-refractivity contribution >= 4 is 5.91 Å². The van der Waals surface area contributed by atoms with Crippen LogP contribution in [0.2, 0.25) is 0 Å². The molecule has 0 aliphatic heterocycles. The van der Waals surface area contributed by atoms with Gasteiger partial charge in [0.15, 0.2) is 0 Å². The van der Waals surface area contributed by atoms with E-state index >= 15 is 0 Å². The molecule has 0 radical (unpaired) electrons. The monoisotopic (exact) mass is 293 g/mol. The van der Waals surface area contributed by atoms with Crippen molar-refractivity contribution in [2.24, 2.45) is 0 Å². The SMILES string of the molecule is CCN(CCc1ccccc1)C(=O)C1(c2ccccc2)CC1. The van der Waals surface area contributed by atoms with Crippen molar-refractivity contribution in [1.82, 2.24) is 4.90 Å². The Bertz CT molecular complexity index is 617. The number of hydrogen-bond acceptors (Lipinski definition) is 1. The number of carbonyl (C=O) groups excluding carboxylic acids is 1. The standard InChI is InChI=1S/C20H23NO/c1-2-21(16-13-17-9-5-3-6-10-17)19(22)20(14-15-20)18-11-7-4-8-12-18/h3-12H,2,13-16H2,1H3. The van der Waals surface area contributed by atoms with E-state index in [4.69, 9.17) is 0 Å². The van der Waals surface area contributed by atoms with Crippen LogP contribution in [0.3, 0.4) is 0 Å². The van der Waals surface area contributed by atoms with Crippen LogP contribution >= 0.6 is 0 Å². The second-order valence-electron chi connectivity index (χ2n) is 6.07. The van der Waals surface area contributed by atoms with Gasteiger partial charge in [0.1, 0.15) is 0 Å². The molecular formula is C20H23NO. The van der Waals surface area contributed by atoms with Crippen LogP contribution in [0, 0.1) is 0 Å². The van der Waals surface area contributed by atoms with E-state index < -0.39 is 0 Å². The van der Waals surface area contributed by atoms with Crippen LogP contribution in [0.5, 0.6) is 0 Å². The first kappa shape index (κ1) is 14.8. The zero-order valence-electron chi connectivity index (χ0n) is 13.2. The summed E-state index contributed by atoms with van der Waals surface area (Å²) in [5.41, 5.74) is 2.23. The van der Waals surface area contributed by atoms with Crippen molar-refractivity contribution in [3.8, 4) is 0 Å². The van der Waals surface area contributed by atoms with Gasteiger partial charge < -0.3 is 4.90 Å². The minimum atomic E-state index is -0.242. The van der Waals surface area contributed by atoms with Crippen LogP contribution < -0.4 is 0 Å². The van der Waals surface area contributed by atoms with Crippen molar-refractivity contribution in [3.63, 3.8) is 0 Å². The van der Waals surface area contributed by atoms with Crippen LogP contribution in [0.15, 0.2) is 60.7 Å². The molecule has 2 aromatic rings. The lowest BCUT2D eigenvalue weighted by atomic mass is 9.94. The first-order valence-corrected chi connectivity index (χ1v) is 8.15. The van der Waals surface area contributed by atoms with E-state index in [0.717, 1.165) is 32.4 Å². The Hall–Kier alpha value is -2.09. The van der Waals surface area contributed by atoms with Crippen LogP contribution in [0.1, 0.15) is 30.9 Å². The fourth-order valence-corrected chi connectivity index (χ4v) is 3.12. The first-order valence-electron chi connectivity index (χ1n) is 8.15. The Labute approximate surface area is 132 Å². The van der Waals surface area contributed by atoms with Crippen molar-refractivity contribution in [2.75, 3.05) is 13.1 Å². The Morgan fingerprint density at radius 2 is 1.59 bits per heavy atom. The average molecular weight is 293 g/mol. The number of amides is 1. The van der Waals surface area contributed by atoms with E-state index in [1.54, 1.807) is 0 Å². The highest BCUT2D eigenvalue weighted by Crippen LogP contribution is 2.49. The van der Waals surface area contributed by atoms with Gasteiger partial charge in [-0.1, -0.05) is 60.7 Å². The maximum absolute atomic E-state index is 13.0. The Morgan fingerprint density at radius 1 is 1.00 bits per heavy atom. The lowest BCUT2D eigenvalue weighted by Gasteiger charge is -2.26. The first-order chi connectivity index (χ1) is 10.8. The van der Waals surface area contributed by atoms with Gasteiger partial charge in [-0.2, -0.15) is 0 Å². The predicted octanol–water partition coefficient (Wildman–Crippen LogP) is 3.81. The normalized spacial score (nSPS) is 15.3. The van der Waals surface area contributed by atoms with Crippen molar-refractivity contribution in [2.45, 2.75) is 31.6 Å². The average Bonchev–Trinajstić information content (AvgIpc) is 3.39. The summed E-state index contributed by atoms with van der Waals surface area (Å²) in [7, 11) is 0. The lowest BCUT2D eigenvalue weighted by molar-refractivity contribution is -0.133. The highest BCUT2D eigenvalue weighted by atomic mass is 16.2. The third kappa shape index (κ3) is 2.92. The zero-order valence-corrected chi connectivity index (χ0v) is 13.2. The second kappa shape index (κ2) is 6.35. The van der Waals surface area contributed by atoms with E-state index in [0.29, 0.717) is 5.91 Å². The molecule has 1 aliphatic carbocycles. The van der Waals surface area contributed by atoms with E-state index in [-0.39, 0.29) is 5.41 Å². The van der Waals surface area contributed by atoms with E-state index in [1.807, 2.05) is 29.2 Å². The van der Waals surface area contributed by atoms with Gasteiger partial charge >= 0.3 is 0 Å². The predicted molar refractivity (Wildman–Crippen MR) is 89.8 cm³/mol. The van der Waals surface area contributed by atoms with Gasteiger partial charge in [0.05, 0.1) is 5.41 Å². The van der Waals surface area contributed by atoms with Crippen LogP contribution in [-0.4, -0.2) is 23.9 Å².